The Kier molecular flexibility index (Phi) is 5.31. The van der Waals surface area contributed by atoms with Crippen molar-refractivity contribution in [2.45, 2.75) is 33.3 Å². The Labute approximate surface area is 158 Å². The molecule has 0 bridgehead atoms. The van der Waals surface area contributed by atoms with Gasteiger partial charge < -0.3 is 9.47 Å². The summed E-state index contributed by atoms with van der Waals surface area (Å²) in [6.07, 6.45) is 1.38. The van der Waals surface area contributed by atoms with Crippen LogP contribution in [0.2, 0.25) is 0 Å². The fourth-order valence-electron chi connectivity index (χ4n) is 3.26. The molecule has 0 saturated carbocycles. The van der Waals surface area contributed by atoms with Gasteiger partial charge in [-0.2, -0.15) is 0 Å². The highest BCUT2D eigenvalue weighted by molar-refractivity contribution is 6.07. The number of nitrogens with zero attached hydrogens (tertiary/aromatic N) is 1. The zero-order valence-corrected chi connectivity index (χ0v) is 16.0. The van der Waals surface area contributed by atoms with Crippen LogP contribution in [-0.4, -0.2) is 29.7 Å². The predicted octanol–water partition coefficient (Wildman–Crippen LogP) is 4.54. The number of methoxy groups -OCH3 is 1. The second kappa shape index (κ2) is 7.66. The van der Waals surface area contributed by atoms with E-state index >= 15 is 0 Å². The van der Waals surface area contributed by atoms with E-state index in [9.17, 15) is 9.59 Å². The number of hydrogen-bond acceptors (Lipinski definition) is 4. The van der Waals surface area contributed by atoms with E-state index in [1.165, 1.54) is 17.9 Å². The predicted molar refractivity (Wildman–Crippen MR) is 105 cm³/mol. The standard InChI is InChI=1S/C22H23NO4/c1-5-20(27-16-11-14(2)10-15(3)12-16)21(24)23-13-18(22(25)26-4)17-8-6-7-9-19(17)23/h6-13,20H,5H2,1-4H3/t20-/m1/s1. The molecule has 0 aliphatic heterocycles. The lowest BCUT2D eigenvalue weighted by atomic mass is 10.1. The van der Waals surface area contributed by atoms with Crippen molar-refractivity contribution in [2.24, 2.45) is 0 Å². The molecule has 0 fully saturated rings. The monoisotopic (exact) mass is 365 g/mol. The third-order valence-electron chi connectivity index (χ3n) is 4.47. The van der Waals surface area contributed by atoms with Crippen LogP contribution >= 0.6 is 0 Å². The quantitative estimate of drug-likeness (QED) is 0.623. The highest BCUT2D eigenvalue weighted by atomic mass is 16.5. The van der Waals surface area contributed by atoms with Gasteiger partial charge in [-0.05, 0) is 49.6 Å². The first kappa shape index (κ1) is 18.7. The molecule has 0 radical (unpaired) electrons. The molecule has 1 atom stereocenters. The summed E-state index contributed by atoms with van der Waals surface area (Å²) >= 11 is 0. The first-order chi connectivity index (χ1) is 12.9. The molecule has 0 spiro atoms. The average molecular weight is 365 g/mol. The van der Waals surface area contributed by atoms with E-state index < -0.39 is 12.1 Å². The van der Waals surface area contributed by atoms with Crippen LogP contribution in [0.15, 0.2) is 48.7 Å². The van der Waals surface area contributed by atoms with Crippen molar-refractivity contribution < 1.29 is 19.1 Å². The number of fused-ring (bicyclic) bond motifs is 1. The van der Waals surface area contributed by atoms with Crippen LogP contribution in [0.1, 0.15) is 39.6 Å². The number of aromatic nitrogens is 1. The molecule has 0 saturated heterocycles. The van der Waals surface area contributed by atoms with Crippen LogP contribution in [-0.2, 0) is 4.74 Å². The van der Waals surface area contributed by atoms with Crippen LogP contribution in [0.25, 0.3) is 10.9 Å². The van der Waals surface area contributed by atoms with E-state index in [4.69, 9.17) is 9.47 Å². The van der Waals surface area contributed by atoms with Gasteiger partial charge in [0, 0.05) is 11.6 Å². The van der Waals surface area contributed by atoms with Gasteiger partial charge >= 0.3 is 5.97 Å². The Morgan fingerprint density at radius 2 is 1.74 bits per heavy atom. The number of carbonyl (C=O) groups excluding carboxylic acids is 2. The maximum Gasteiger partial charge on any atom is 0.340 e. The summed E-state index contributed by atoms with van der Waals surface area (Å²) in [5.74, 6) is -0.0265. The number of hydrogen-bond donors (Lipinski definition) is 0. The lowest BCUT2D eigenvalue weighted by Crippen LogP contribution is -2.31. The number of esters is 1. The molecule has 3 aromatic rings. The molecule has 3 rings (SSSR count). The Hall–Kier alpha value is -3.08. The lowest BCUT2D eigenvalue weighted by Gasteiger charge is -2.18. The highest BCUT2D eigenvalue weighted by Gasteiger charge is 2.25. The van der Waals surface area contributed by atoms with Crippen LogP contribution < -0.4 is 4.74 Å². The fourth-order valence-corrected chi connectivity index (χ4v) is 3.26. The van der Waals surface area contributed by atoms with E-state index in [0.717, 1.165) is 11.1 Å². The average Bonchev–Trinajstić information content (AvgIpc) is 3.04. The van der Waals surface area contributed by atoms with Gasteiger partial charge in [0.1, 0.15) is 5.75 Å². The topological polar surface area (TPSA) is 57.5 Å². The minimum Gasteiger partial charge on any atom is -0.481 e. The Balaban J connectivity index is 1.99. The Morgan fingerprint density at radius 3 is 2.37 bits per heavy atom. The molecule has 1 heterocycles. The Bertz CT molecular complexity index is 982. The van der Waals surface area contributed by atoms with Crippen molar-refractivity contribution in [3.8, 4) is 5.75 Å². The number of ether oxygens (including phenoxy) is 2. The first-order valence-electron chi connectivity index (χ1n) is 8.92. The number of aryl methyl sites for hydroxylation is 2. The summed E-state index contributed by atoms with van der Waals surface area (Å²) < 4.78 is 12.3. The van der Waals surface area contributed by atoms with Crippen molar-refractivity contribution in [3.63, 3.8) is 0 Å². The minimum absolute atomic E-state index is 0.219. The van der Waals surface area contributed by atoms with Crippen molar-refractivity contribution >= 4 is 22.8 Å². The van der Waals surface area contributed by atoms with Gasteiger partial charge in [0.15, 0.2) is 6.10 Å². The molecular weight excluding hydrogens is 342 g/mol. The molecule has 1 aromatic heterocycles. The molecule has 0 unspecified atom stereocenters. The second-order valence-electron chi connectivity index (χ2n) is 6.60. The van der Waals surface area contributed by atoms with Gasteiger partial charge in [0.2, 0.25) is 0 Å². The number of para-hydroxylation sites is 1. The first-order valence-corrected chi connectivity index (χ1v) is 8.92. The van der Waals surface area contributed by atoms with Gasteiger partial charge in [-0.25, -0.2) is 4.79 Å². The van der Waals surface area contributed by atoms with Gasteiger partial charge in [-0.1, -0.05) is 31.2 Å². The molecule has 0 amide bonds. The number of rotatable bonds is 5. The zero-order valence-electron chi connectivity index (χ0n) is 16.0. The summed E-state index contributed by atoms with van der Waals surface area (Å²) in [5.41, 5.74) is 3.17. The maximum atomic E-state index is 13.2. The van der Waals surface area contributed by atoms with E-state index in [1.807, 2.05) is 51.1 Å². The summed E-state index contributed by atoms with van der Waals surface area (Å²) in [5, 5.41) is 0.680. The summed E-state index contributed by atoms with van der Waals surface area (Å²) in [4.78, 5) is 25.3. The highest BCUT2D eigenvalue weighted by Crippen LogP contribution is 2.24. The van der Waals surface area contributed by atoms with Crippen molar-refractivity contribution in [2.75, 3.05) is 7.11 Å². The largest absolute Gasteiger partial charge is 0.481 e. The van der Waals surface area contributed by atoms with Crippen molar-refractivity contribution in [1.82, 2.24) is 4.57 Å². The summed E-state index contributed by atoms with van der Waals surface area (Å²) in [6.45, 7) is 5.88. The molecule has 140 valence electrons. The fraction of sp³-hybridized carbons (Fsp3) is 0.273. The molecule has 2 aromatic carbocycles. The van der Waals surface area contributed by atoms with Crippen LogP contribution in [0.3, 0.4) is 0 Å². The zero-order chi connectivity index (χ0) is 19.6. The van der Waals surface area contributed by atoms with E-state index in [1.54, 1.807) is 6.07 Å². The van der Waals surface area contributed by atoms with Gasteiger partial charge in [0.05, 0.1) is 18.2 Å². The Morgan fingerprint density at radius 1 is 1.07 bits per heavy atom. The minimum atomic E-state index is -0.660. The molecule has 5 nitrogen and oxygen atoms in total. The summed E-state index contributed by atoms with van der Waals surface area (Å²) in [6, 6.07) is 13.1. The van der Waals surface area contributed by atoms with E-state index in [2.05, 4.69) is 6.07 Å². The number of carbonyl (C=O) groups is 2. The SMILES string of the molecule is CC[C@@H](Oc1cc(C)cc(C)c1)C(=O)n1cc(C(=O)OC)c2ccccc21. The molecular formula is C22H23NO4. The molecule has 27 heavy (non-hydrogen) atoms. The normalized spacial score (nSPS) is 12.0. The number of benzene rings is 2. The molecule has 0 aliphatic carbocycles. The van der Waals surface area contributed by atoms with E-state index in [-0.39, 0.29) is 5.91 Å². The van der Waals surface area contributed by atoms with E-state index in [0.29, 0.717) is 28.6 Å². The summed E-state index contributed by atoms with van der Waals surface area (Å²) in [7, 11) is 1.33. The third-order valence-corrected chi connectivity index (χ3v) is 4.47. The molecule has 0 aliphatic rings. The van der Waals surface area contributed by atoms with Crippen LogP contribution in [0.5, 0.6) is 5.75 Å². The molecule has 5 heteroatoms. The lowest BCUT2D eigenvalue weighted by molar-refractivity contribution is 0.0602. The van der Waals surface area contributed by atoms with Gasteiger partial charge in [-0.3, -0.25) is 9.36 Å². The van der Waals surface area contributed by atoms with Crippen molar-refractivity contribution in [1.29, 1.82) is 0 Å². The smallest absolute Gasteiger partial charge is 0.340 e. The van der Waals surface area contributed by atoms with Crippen LogP contribution in [0, 0.1) is 13.8 Å². The van der Waals surface area contributed by atoms with Gasteiger partial charge in [0.25, 0.3) is 5.91 Å². The van der Waals surface area contributed by atoms with Crippen molar-refractivity contribution in [3.05, 3.63) is 65.4 Å². The second-order valence-corrected chi connectivity index (χ2v) is 6.60. The third kappa shape index (κ3) is 3.72. The van der Waals surface area contributed by atoms with Gasteiger partial charge in [-0.15, -0.1) is 0 Å². The maximum absolute atomic E-state index is 13.2. The molecule has 0 N–H and O–H groups in total. The van der Waals surface area contributed by atoms with Crippen LogP contribution in [0.4, 0.5) is 0 Å².